The third-order valence-electron chi connectivity index (χ3n) is 2.55. The summed E-state index contributed by atoms with van der Waals surface area (Å²) in [6.45, 7) is 9.72. The first-order valence-corrected chi connectivity index (χ1v) is 5.46. The maximum atomic E-state index is 4.24. The Morgan fingerprint density at radius 1 is 1.43 bits per heavy atom. The van der Waals surface area contributed by atoms with Crippen molar-refractivity contribution in [1.29, 1.82) is 0 Å². The average molecular weight is 195 g/mol. The molecule has 0 saturated heterocycles. The Hall–Kier alpha value is -0.990. The Morgan fingerprint density at radius 2 is 2.14 bits per heavy atom. The molecule has 80 valence electrons. The molecule has 0 radical (unpaired) electrons. The molecule has 0 spiro atoms. The fourth-order valence-electron chi connectivity index (χ4n) is 1.57. The normalized spacial score (nSPS) is 13.2. The number of hydrogen-bond acceptors (Lipinski definition) is 2. The highest BCUT2D eigenvalue weighted by Crippen LogP contribution is 2.14. The minimum atomic E-state index is 0.546. The SMILES string of the molecule is CCC(Nc1cnn(CC)c1)C(C)C. The van der Waals surface area contributed by atoms with E-state index in [4.69, 9.17) is 0 Å². The van der Waals surface area contributed by atoms with Crippen molar-refractivity contribution in [1.82, 2.24) is 9.78 Å². The van der Waals surface area contributed by atoms with Gasteiger partial charge in [-0.2, -0.15) is 5.10 Å². The van der Waals surface area contributed by atoms with Crippen LogP contribution in [0, 0.1) is 5.92 Å². The molecule has 1 rings (SSSR count). The average Bonchev–Trinajstić information content (AvgIpc) is 2.61. The van der Waals surface area contributed by atoms with Crippen molar-refractivity contribution >= 4 is 5.69 Å². The van der Waals surface area contributed by atoms with E-state index in [0.29, 0.717) is 12.0 Å². The van der Waals surface area contributed by atoms with Crippen molar-refractivity contribution in [3.8, 4) is 0 Å². The molecule has 1 aromatic rings. The van der Waals surface area contributed by atoms with Gasteiger partial charge in [0.25, 0.3) is 0 Å². The molecule has 0 bridgehead atoms. The zero-order valence-corrected chi connectivity index (χ0v) is 9.62. The number of hydrogen-bond donors (Lipinski definition) is 1. The summed E-state index contributed by atoms with van der Waals surface area (Å²) in [6.07, 6.45) is 5.11. The number of aryl methyl sites for hydroxylation is 1. The first-order valence-electron chi connectivity index (χ1n) is 5.46. The Balaban J connectivity index is 2.57. The van der Waals surface area contributed by atoms with E-state index in [1.54, 1.807) is 0 Å². The summed E-state index contributed by atoms with van der Waals surface area (Å²) < 4.78 is 1.94. The van der Waals surface area contributed by atoms with Crippen LogP contribution < -0.4 is 5.32 Å². The van der Waals surface area contributed by atoms with Gasteiger partial charge in [-0.1, -0.05) is 20.8 Å². The number of rotatable bonds is 5. The highest BCUT2D eigenvalue weighted by molar-refractivity contribution is 5.39. The number of nitrogens with one attached hydrogen (secondary N) is 1. The number of aromatic nitrogens is 2. The van der Waals surface area contributed by atoms with Crippen LogP contribution in [0.5, 0.6) is 0 Å². The molecule has 0 aliphatic heterocycles. The predicted octanol–water partition coefficient (Wildman–Crippen LogP) is 2.75. The van der Waals surface area contributed by atoms with Crippen molar-refractivity contribution in [2.24, 2.45) is 5.92 Å². The zero-order chi connectivity index (χ0) is 10.6. The number of anilines is 1. The molecule has 3 heteroatoms. The van der Waals surface area contributed by atoms with Crippen LogP contribution in [0.4, 0.5) is 5.69 Å². The Bertz CT molecular complexity index is 265. The van der Waals surface area contributed by atoms with E-state index in [2.05, 4.69) is 44.3 Å². The first-order chi connectivity index (χ1) is 6.67. The van der Waals surface area contributed by atoms with Gasteiger partial charge in [0.1, 0.15) is 0 Å². The third-order valence-corrected chi connectivity index (χ3v) is 2.55. The molecule has 1 atom stereocenters. The topological polar surface area (TPSA) is 29.9 Å². The monoisotopic (exact) mass is 195 g/mol. The van der Waals surface area contributed by atoms with Gasteiger partial charge in [-0.25, -0.2) is 0 Å². The van der Waals surface area contributed by atoms with Crippen LogP contribution in [0.15, 0.2) is 12.4 Å². The molecule has 0 aliphatic carbocycles. The maximum Gasteiger partial charge on any atom is 0.0728 e. The van der Waals surface area contributed by atoms with Crippen molar-refractivity contribution in [3.63, 3.8) is 0 Å². The smallest absolute Gasteiger partial charge is 0.0728 e. The van der Waals surface area contributed by atoms with E-state index >= 15 is 0 Å². The van der Waals surface area contributed by atoms with Crippen LogP contribution in [0.1, 0.15) is 34.1 Å². The van der Waals surface area contributed by atoms with Gasteiger partial charge in [-0.05, 0) is 19.3 Å². The van der Waals surface area contributed by atoms with Crippen LogP contribution in [0.3, 0.4) is 0 Å². The van der Waals surface area contributed by atoms with Gasteiger partial charge < -0.3 is 5.32 Å². The lowest BCUT2D eigenvalue weighted by Crippen LogP contribution is -2.24. The summed E-state index contributed by atoms with van der Waals surface area (Å²) in [5.41, 5.74) is 1.13. The van der Waals surface area contributed by atoms with Crippen molar-refractivity contribution < 1.29 is 0 Å². The van der Waals surface area contributed by atoms with E-state index < -0.39 is 0 Å². The summed E-state index contributed by atoms with van der Waals surface area (Å²) in [4.78, 5) is 0. The van der Waals surface area contributed by atoms with Gasteiger partial charge in [0, 0.05) is 18.8 Å². The minimum absolute atomic E-state index is 0.546. The minimum Gasteiger partial charge on any atom is -0.380 e. The van der Waals surface area contributed by atoms with Crippen LogP contribution in [-0.2, 0) is 6.54 Å². The predicted molar refractivity (Wildman–Crippen MR) is 60.4 cm³/mol. The standard InChI is InChI=1S/C11H21N3/c1-5-11(9(3)4)13-10-7-12-14(6-2)8-10/h7-9,11,13H,5-6H2,1-4H3. The van der Waals surface area contributed by atoms with E-state index in [1.807, 2.05) is 10.9 Å². The van der Waals surface area contributed by atoms with Crippen LogP contribution in [-0.4, -0.2) is 15.8 Å². The molecular formula is C11H21N3. The van der Waals surface area contributed by atoms with E-state index in [-0.39, 0.29) is 0 Å². The molecule has 0 saturated carbocycles. The van der Waals surface area contributed by atoms with Gasteiger partial charge >= 0.3 is 0 Å². The lowest BCUT2D eigenvalue weighted by Gasteiger charge is -2.20. The molecule has 1 unspecified atom stereocenters. The van der Waals surface area contributed by atoms with E-state index in [9.17, 15) is 0 Å². The lowest BCUT2D eigenvalue weighted by atomic mass is 10.0. The molecular weight excluding hydrogens is 174 g/mol. The van der Waals surface area contributed by atoms with Crippen LogP contribution >= 0.6 is 0 Å². The zero-order valence-electron chi connectivity index (χ0n) is 9.62. The Morgan fingerprint density at radius 3 is 2.57 bits per heavy atom. The van der Waals surface area contributed by atoms with Gasteiger partial charge in [-0.3, -0.25) is 4.68 Å². The fraction of sp³-hybridized carbons (Fsp3) is 0.727. The van der Waals surface area contributed by atoms with Crippen LogP contribution in [0.25, 0.3) is 0 Å². The second-order valence-electron chi connectivity index (χ2n) is 3.99. The first kappa shape index (κ1) is 11.1. The maximum absolute atomic E-state index is 4.24. The highest BCUT2D eigenvalue weighted by atomic mass is 15.3. The third kappa shape index (κ3) is 2.76. The molecule has 0 amide bonds. The molecule has 0 fully saturated rings. The summed E-state index contributed by atoms with van der Waals surface area (Å²) >= 11 is 0. The largest absolute Gasteiger partial charge is 0.380 e. The second kappa shape index (κ2) is 5.03. The Labute approximate surface area is 86.5 Å². The van der Waals surface area contributed by atoms with Gasteiger partial charge in [-0.15, -0.1) is 0 Å². The second-order valence-corrected chi connectivity index (χ2v) is 3.99. The van der Waals surface area contributed by atoms with Gasteiger partial charge in [0.05, 0.1) is 11.9 Å². The summed E-state index contributed by atoms with van der Waals surface area (Å²) in [6, 6.07) is 0.546. The number of nitrogens with zero attached hydrogens (tertiary/aromatic N) is 2. The molecule has 0 aromatic carbocycles. The summed E-state index contributed by atoms with van der Waals surface area (Å²) in [5.74, 6) is 0.657. The van der Waals surface area contributed by atoms with E-state index in [1.165, 1.54) is 0 Å². The summed E-state index contributed by atoms with van der Waals surface area (Å²) in [7, 11) is 0. The molecule has 3 nitrogen and oxygen atoms in total. The van der Waals surface area contributed by atoms with Crippen LogP contribution in [0.2, 0.25) is 0 Å². The molecule has 1 N–H and O–H groups in total. The molecule has 0 aliphatic rings. The highest BCUT2D eigenvalue weighted by Gasteiger charge is 2.10. The van der Waals surface area contributed by atoms with Crippen molar-refractivity contribution in [2.75, 3.05) is 5.32 Å². The quantitative estimate of drug-likeness (QED) is 0.783. The summed E-state index contributed by atoms with van der Waals surface area (Å²) in [5, 5.41) is 7.74. The van der Waals surface area contributed by atoms with E-state index in [0.717, 1.165) is 18.7 Å². The fourth-order valence-corrected chi connectivity index (χ4v) is 1.57. The molecule has 1 aromatic heterocycles. The molecule has 1 heterocycles. The van der Waals surface area contributed by atoms with Crippen molar-refractivity contribution in [3.05, 3.63) is 12.4 Å². The Kier molecular flexibility index (Phi) is 3.98. The van der Waals surface area contributed by atoms with Gasteiger partial charge in [0.15, 0.2) is 0 Å². The molecule has 14 heavy (non-hydrogen) atoms. The lowest BCUT2D eigenvalue weighted by molar-refractivity contribution is 0.511. The van der Waals surface area contributed by atoms with Gasteiger partial charge in [0.2, 0.25) is 0 Å². The van der Waals surface area contributed by atoms with Crippen molar-refractivity contribution in [2.45, 2.75) is 46.7 Å².